The van der Waals surface area contributed by atoms with Crippen molar-refractivity contribution >= 4 is 57.2 Å². The number of hydrogen-bond donors (Lipinski definition) is 0. The molecule has 0 amide bonds. The highest BCUT2D eigenvalue weighted by molar-refractivity contribution is 6.90. The van der Waals surface area contributed by atoms with Crippen LogP contribution in [0.1, 0.15) is 96.2 Å². The van der Waals surface area contributed by atoms with E-state index in [-0.39, 0.29) is 34.8 Å². The first-order chi connectivity index (χ1) is 25.2. The minimum atomic E-state index is 0.0185. The molecule has 0 spiro atoms. The van der Waals surface area contributed by atoms with Gasteiger partial charge in [-0.2, -0.15) is 0 Å². The average Bonchev–Trinajstić information content (AvgIpc) is 3.13. The van der Waals surface area contributed by atoms with Crippen molar-refractivity contribution in [2.75, 3.05) is 9.80 Å². The van der Waals surface area contributed by atoms with Crippen molar-refractivity contribution in [3.63, 3.8) is 0 Å². The normalized spacial score (nSPS) is 17.9. The number of nitrogens with zero attached hydrogens (tertiary/aromatic N) is 2. The van der Waals surface area contributed by atoms with E-state index in [0.29, 0.717) is 0 Å². The largest absolute Gasteiger partial charge is 0.334 e. The molecule has 0 bridgehead atoms. The van der Waals surface area contributed by atoms with Crippen LogP contribution in [-0.4, -0.2) is 6.71 Å². The molecule has 6 aromatic rings. The lowest BCUT2D eigenvalue weighted by Crippen LogP contribution is -2.61. The van der Waals surface area contributed by atoms with E-state index in [1.54, 1.807) is 0 Å². The molecule has 2 atom stereocenters. The molecular formula is C50H51BN2. The molecule has 0 saturated heterocycles. The van der Waals surface area contributed by atoms with Gasteiger partial charge in [-0.05, 0) is 96.8 Å². The van der Waals surface area contributed by atoms with E-state index in [1.807, 2.05) is 0 Å². The van der Waals surface area contributed by atoms with Gasteiger partial charge in [0.2, 0.25) is 6.71 Å². The van der Waals surface area contributed by atoms with Gasteiger partial charge in [0.25, 0.3) is 0 Å². The standard InChI is InChI=1S/C50H51BN2/c1-48(2,3)34-19-24-37(25-20-34)52-43-29-23-36(50(7,8)9)31-42(43)51-41-28-18-32-14-10-12-16-39(32)46(41)53(38-26-21-35(22-27-38)49(4,5)6)47-40-17-13-11-15-33(40)30-44(52)45(47)51/h10-31,45,47H,1-9H3. The number of hydrogen-bond acceptors (Lipinski definition) is 2. The third kappa shape index (κ3) is 5.38. The average molecular weight is 691 g/mol. The molecule has 0 N–H and O–H groups in total. The highest BCUT2D eigenvalue weighted by Gasteiger charge is 2.54. The van der Waals surface area contributed by atoms with Crippen LogP contribution in [0.3, 0.4) is 0 Å². The number of benzene rings is 6. The summed E-state index contributed by atoms with van der Waals surface area (Å²) in [6.45, 7) is 21.0. The zero-order valence-corrected chi connectivity index (χ0v) is 32.8. The maximum absolute atomic E-state index is 2.72. The Morgan fingerprint density at radius 3 is 1.77 bits per heavy atom. The van der Waals surface area contributed by atoms with Crippen LogP contribution >= 0.6 is 0 Å². The summed E-state index contributed by atoms with van der Waals surface area (Å²) in [5, 5.41) is 2.59. The Hall–Kier alpha value is -5.02. The molecule has 2 aliphatic heterocycles. The maximum Gasteiger partial charge on any atom is 0.226 e. The van der Waals surface area contributed by atoms with Crippen LogP contribution < -0.4 is 20.7 Å². The lowest BCUT2D eigenvalue weighted by Gasteiger charge is -2.55. The van der Waals surface area contributed by atoms with E-state index in [9.17, 15) is 0 Å². The summed E-state index contributed by atoms with van der Waals surface area (Å²) in [6.07, 6.45) is 2.51. The molecule has 6 aromatic carbocycles. The summed E-state index contributed by atoms with van der Waals surface area (Å²) >= 11 is 0. The fourth-order valence-electron chi connectivity index (χ4n) is 9.30. The Morgan fingerprint density at radius 1 is 0.528 bits per heavy atom. The first-order valence-corrected chi connectivity index (χ1v) is 19.5. The predicted molar refractivity (Wildman–Crippen MR) is 230 cm³/mol. The van der Waals surface area contributed by atoms with Crippen LogP contribution in [-0.2, 0) is 16.2 Å². The first-order valence-electron chi connectivity index (χ1n) is 19.5. The highest BCUT2D eigenvalue weighted by atomic mass is 15.2. The predicted octanol–water partition coefficient (Wildman–Crippen LogP) is 12.1. The molecule has 1 aliphatic carbocycles. The Bertz CT molecular complexity index is 2420. The molecule has 0 saturated carbocycles. The van der Waals surface area contributed by atoms with Gasteiger partial charge in [0, 0.05) is 39.7 Å². The van der Waals surface area contributed by atoms with Crippen LogP contribution in [0.25, 0.3) is 16.8 Å². The fourth-order valence-corrected chi connectivity index (χ4v) is 9.30. The molecule has 2 nitrogen and oxygen atoms in total. The molecule has 53 heavy (non-hydrogen) atoms. The van der Waals surface area contributed by atoms with E-state index < -0.39 is 0 Å². The van der Waals surface area contributed by atoms with Gasteiger partial charge in [-0.1, -0.05) is 159 Å². The van der Waals surface area contributed by atoms with Crippen molar-refractivity contribution in [3.05, 3.63) is 161 Å². The molecule has 2 heterocycles. The molecule has 3 aliphatic rings. The zero-order chi connectivity index (χ0) is 37.0. The van der Waals surface area contributed by atoms with Crippen molar-refractivity contribution in [3.8, 4) is 0 Å². The zero-order valence-electron chi connectivity index (χ0n) is 32.8. The second-order valence-electron chi connectivity index (χ2n) is 18.7. The van der Waals surface area contributed by atoms with Crippen molar-refractivity contribution in [2.24, 2.45) is 0 Å². The minimum Gasteiger partial charge on any atom is -0.334 e. The second-order valence-corrected chi connectivity index (χ2v) is 18.7. The van der Waals surface area contributed by atoms with Crippen LogP contribution in [0, 0.1) is 0 Å². The van der Waals surface area contributed by atoms with Crippen molar-refractivity contribution < 1.29 is 0 Å². The number of fused-ring (bicyclic) bond motifs is 8. The van der Waals surface area contributed by atoms with E-state index >= 15 is 0 Å². The van der Waals surface area contributed by atoms with Gasteiger partial charge < -0.3 is 9.80 Å². The van der Waals surface area contributed by atoms with Gasteiger partial charge in [0.1, 0.15) is 0 Å². The minimum absolute atomic E-state index is 0.0185. The molecule has 0 fully saturated rings. The topological polar surface area (TPSA) is 6.48 Å². The Morgan fingerprint density at radius 2 is 1.11 bits per heavy atom. The summed E-state index contributed by atoms with van der Waals surface area (Å²) in [5.74, 6) is 0.172. The molecule has 3 heteroatoms. The quantitative estimate of drug-likeness (QED) is 0.167. The first kappa shape index (κ1) is 33.8. The van der Waals surface area contributed by atoms with E-state index in [4.69, 9.17) is 0 Å². The summed E-state index contributed by atoms with van der Waals surface area (Å²) < 4.78 is 0. The van der Waals surface area contributed by atoms with E-state index in [1.165, 1.54) is 78.0 Å². The van der Waals surface area contributed by atoms with Crippen molar-refractivity contribution in [2.45, 2.75) is 90.4 Å². The Kier molecular flexibility index (Phi) is 7.49. The van der Waals surface area contributed by atoms with Crippen LogP contribution in [0.5, 0.6) is 0 Å². The lowest BCUT2D eigenvalue weighted by atomic mass is 9.27. The maximum atomic E-state index is 2.72. The monoisotopic (exact) mass is 690 g/mol. The molecule has 0 aromatic heterocycles. The SMILES string of the molecule is CC(C)(C)c1ccc(N2C3=Cc4ccccc4C4C3B(c3cc(C(C)(C)C)ccc32)c2ccc3ccccc3c2N4c2ccc(C(C)(C)C)cc2)cc1. The van der Waals surface area contributed by atoms with Crippen LogP contribution in [0.15, 0.2) is 133 Å². The highest BCUT2D eigenvalue weighted by Crippen LogP contribution is 2.58. The third-order valence-electron chi connectivity index (χ3n) is 12.2. The molecule has 0 radical (unpaired) electrons. The molecular weight excluding hydrogens is 639 g/mol. The van der Waals surface area contributed by atoms with E-state index in [2.05, 4.69) is 206 Å². The van der Waals surface area contributed by atoms with Gasteiger partial charge in [-0.25, -0.2) is 0 Å². The Labute approximate surface area is 317 Å². The van der Waals surface area contributed by atoms with Gasteiger partial charge in [-0.15, -0.1) is 0 Å². The van der Waals surface area contributed by atoms with Crippen molar-refractivity contribution in [1.29, 1.82) is 0 Å². The van der Waals surface area contributed by atoms with Crippen LogP contribution in [0.4, 0.5) is 22.7 Å². The number of anilines is 4. The summed E-state index contributed by atoms with van der Waals surface area (Å²) in [5.41, 5.74) is 16.2. The third-order valence-corrected chi connectivity index (χ3v) is 12.2. The molecule has 2 unspecified atom stereocenters. The Balaban J connectivity index is 1.39. The lowest BCUT2D eigenvalue weighted by molar-refractivity contribution is 0.590. The van der Waals surface area contributed by atoms with Crippen LogP contribution in [0.2, 0.25) is 5.82 Å². The summed E-state index contributed by atoms with van der Waals surface area (Å²) in [6, 6.07) is 49.3. The van der Waals surface area contributed by atoms with Crippen molar-refractivity contribution in [1.82, 2.24) is 0 Å². The smallest absolute Gasteiger partial charge is 0.226 e. The summed E-state index contributed by atoms with van der Waals surface area (Å²) in [7, 11) is 0. The molecule has 264 valence electrons. The van der Waals surface area contributed by atoms with E-state index in [0.717, 1.165) is 0 Å². The number of rotatable bonds is 2. The van der Waals surface area contributed by atoms with Gasteiger partial charge in [0.05, 0.1) is 6.04 Å². The molecule has 9 rings (SSSR count). The second kappa shape index (κ2) is 11.7. The van der Waals surface area contributed by atoms with Gasteiger partial charge in [-0.3, -0.25) is 0 Å². The fraction of sp³-hybridized carbons (Fsp3) is 0.280. The van der Waals surface area contributed by atoms with Gasteiger partial charge >= 0.3 is 0 Å². The van der Waals surface area contributed by atoms with Gasteiger partial charge in [0.15, 0.2) is 0 Å². The summed E-state index contributed by atoms with van der Waals surface area (Å²) in [4.78, 5) is 5.32.